The number of hydrogen-bond donors (Lipinski definition) is 2. The van der Waals surface area contributed by atoms with Crippen molar-refractivity contribution in [1.29, 1.82) is 0 Å². The van der Waals surface area contributed by atoms with Crippen molar-refractivity contribution in [2.45, 2.75) is 39.8 Å². The van der Waals surface area contributed by atoms with E-state index in [1.54, 1.807) is 4.90 Å². The SMILES string of the molecule is Cc1ccc(C)c(NC(=O)N(Cc2ccccc2)C(C)CCO)c1. The summed E-state index contributed by atoms with van der Waals surface area (Å²) in [5, 5.41) is 12.3. The molecule has 0 aliphatic rings. The zero-order valence-electron chi connectivity index (χ0n) is 14.6. The second-order valence-corrected chi connectivity index (χ2v) is 6.22. The summed E-state index contributed by atoms with van der Waals surface area (Å²) < 4.78 is 0. The van der Waals surface area contributed by atoms with Crippen LogP contribution in [0.5, 0.6) is 0 Å². The van der Waals surface area contributed by atoms with E-state index in [4.69, 9.17) is 0 Å². The quantitative estimate of drug-likeness (QED) is 0.839. The molecule has 4 nitrogen and oxygen atoms in total. The van der Waals surface area contributed by atoms with Crippen LogP contribution in [0.15, 0.2) is 48.5 Å². The summed E-state index contributed by atoms with van der Waals surface area (Å²) in [7, 11) is 0. The summed E-state index contributed by atoms with van der Waals surface area (Å²) in [6.45, 7) is 6.52. The lowest BCUT2D eigenvalue weighted by molar-refractivity contribution is 0.169. The highest BCUT2D eigenvalue weighted by Gasteiger charge is 2.20. The fourth-order valence-corrected chi connectivity index (χ4v) is 2.61. The summed E-state index contributed by atoms with van der Waals surface area (Å²) in [6.07, 6.45) is 0.549. The Kier molecular flexibility index (Phi) is 6.38. The van der Waals surface area contributed by atoms with Gasteiger partial charge in [0.1, 0.15) is 0 Å². The summed E-state index contributed by atoms with van der Waals surface area (Å²) >= 11 is 0. The molecule has 1 atom stereocenters. The van der Waals surface area contributed by atoms with Crippen LogP contribution < -0.4 is 5.32 Å². The number of nitrogens with one attached hydrogen (secondary N) is 1. The van der Waals surface area contributed by atoms with Crippen molar-refractivity contribution in [2.24, 2.45) is 0 Å². The number of aliphatic hydroxyl groups is 1. The van der Waals surface area contributed by atoms with E-state index >= 15 is 0 Å². The van der Waals surface area contributed by atoms with Gasteiger partial charge in [-0.3, -0.25) is 0 Å². The Morgan fingerprint density at radius 2 is 1.88 bits per heavy atom. The monoisotopic (exact) mass is 326 g/mol. The first kappa shape index (κ1) is 18.0. The number of amides is 2. The van der Waals surface area contributed by atoms with Gasteiger partial charge in [0.25, 0.3) is 0 Å². The van der Waals surface area contributed by atoms with Gasteiger partial charge in [-0.2, -0.15) is 0 Å². The summed E-state index contributed by atoms with van der Waals surface area (Å²) in [5.41, 5.74) is 4.03. The molecular weight excluding hydrogens is 300 g/mol. The largest absolute Gasteiger partial charge is 0.396 e. The van der Waals surface area contributed by atoms with Crippen LogP contribution in [0, 0.1) is 13.8 Å². The molecule has 0 fully saturated rings. The third kappa shape index (κ3) is 4.83. The lowest BCUT2D eigenvalue weighted by atomic mass is 10.1. The molecule has 2 amide bonds. The minimum absolute atomic E-state index is 0.0553. The summed E-state index contributed by atoms with van der Waals surface area (Å²) in [5.74, 6) is 0. The Labute approximate surface area is 144 Å². The Balaban J connectivity index is 2.18. The standard InChI is InChI=1S/C20H26N2O2/c1-15-9-10-16(2)19(13-15)21-20(24)22(17(3)11-12-23)14-18-7-5-4-6-8-18/h4-10,13,17,23H,11-12,14H2,1-3H3,(H,21,24). The molecular formula is C20H26N2O2. The van der Waals surface area contributed by atoms with Crippen LogP contribution >= 0.6 is 0 Å². The molecule has 2 aromatic rings. The zero-order valence-corrected chi connectivity index (χ0v) is 14.6. The van der Waals surface area contributed by atoms with Crippen LogP contribution in [0.2, 0.25) is 0 Å². The van der Waals surface area contributed by atoms with Gasteiger partial charge in [-0.15, -0.1) is 0 Å². The highest BCUT2D eigenvalue weighted by molar-refractivity contribution is 5.90. The maximum Gasteiger partial charge on any atom is 0.322 e. The van der Waals surface area contributed by atoms with Gasteiger partial charge >= 0.3 is 6.03 Å². The molecule has 0 spiro atoms. The number of urea groups is 1. The summed E-state index contributed by atoms with van der Waals surface area (Å²) in [6, 6.07) is 15.7. The molecule has 2 aromatic carbocycles. The van der Waals surface area contributed by atoms with Crippen molar-refractivity contribution in [2.75, 3.05) is 11.9 Å². The van der Waals surface area contributed by atoms with E-state index in [0.717, 1.165) is 22.4 Å². The third-order valence-electron chi connectivity index (χ3n) is 4.17. The molecule has 24 heavy (non-hydrogen) atoms. The normalized spacial score (nSPS) is 11.8. The van der Waals surface area contributed by atoms with Crippen molar-refractivity contribution >= 4 is 11.7 Å². The predicted octanol–water partition coefficient (Wildman–Crippen LogP) is 4.11. The fraction of sp³-hybridized carbons (Fsp3) is 0.350. The van der Waals surface area contributed by atoms with Crippen molar-refractivity contribution in [3.8, 4) is 0 Å². The van der Waals surface area contributed by atoms with E-state index in [1.165, 1.54) is 0 Å². The minimum atomic E-state index is -0.145. The fourth-order valence-electron chi connectivity index (χ4n) is 2.61. The molecule has 2 rings (SSSR count). The molecule has 128 valence electrons. The van der Waals surface area contributed by atoms with Crippen LogP contribution in [0.1, 0.15) is 30.0 Å². The van der Waals surface area contributed by atoms with E-state index in [9.17, 15) is 9.90 Å². The maximum absolute atomic E-state index is 12.8. The van der Waals surface area contributed by atoms with E-state index in [2.05, 4.69) is 5.32 Å². The Morgan fingerprint density at radius 3 is 2.54 bits per heavy atom. The Hall–Kier alpha value is -2.33. The number of anilines is 1. The van der Waals surface area contributed by atoms with E-state index in [-0.39, 0.29) is 18.7 Å². The lowest BCUT2D eigenvalue weighted by Gasteiger charge is -2.29. The number of nitrogens with zero attached hydrogens (tertiary/aromatic N) is 1. The van der Waals surface area contributed by atoms with Crippen LogP contribution in [-0.4, -0.2) is 28.7 Å². The van der Waals surface area contributed by atoms with Gasteiger partial charge in [-0.05, 0) is 49.9 Å². The summed E-state index contributed by atoms with van der Waals surface area (Å²) in [4.78, 5) is 14.6. The Bertz CT molecular complexity index is 671. The number of hydrogen-bond acceptors (Lipinski definition) is 2. The molecule has 0 radical (unpaired) electrons. The van der Waals surface area contributed by atoms with Crippen LogP contribution in [0.3, 0.4) is 0 Å². The number of aliphatic hydroxyl groups excluding tert-OH is 1. The van der Waals surface area contributed by atoms with Gasteiger partial charge in [0.15, 0.2) is 0 Å². The molecule has 4 heteroatoms. The molecule has 1 unspecified atom stereocenters. The van der Waals surface area contributed by atoms with Crippen LogP contribution in [0.4, 0.5) is 10.5 Å². The van der Waals surface area contributed by atoms with E-state index in [0.29, 0.717) is 13.0 Å². The molecule has 0 aliphatic carbocycles. The molecule has 0 saturated heterocycles. The molecule has 2 N–H and O–H groups in total. The predicted molar refractivity (Wildman–Crippen MR) is 98.1 cm³/mol. The maximum atomic E-state index is 12.8. The average Bonchev–Trinajstić information content (AvgIpc) is 2.57. The van der Waals surface area contributed by atoms with Gasteiger partial charge in [0, 0.05) is 24.9 Å². The molecule has 0 bridgehead atoms. The first-order valence-corrected chi connectivity index (χ1v) is 8.31. The van der Waals surface area contributed by atoms with Crippen molar-refractivity contribution < 1.29 is 9.90 Å². The van der Waals surface area contributed by atoms with Gasteiger partial charge in [-0.25, -0.2) is 4.79 Å². The molecule has 0 saturated carbocycles. The number of carbonyl (C=O) groups is 1. The van der Waals surface area contributed by atoms with E-state index in [1.807, 2.05) is 69.3 Å². The highest BCUT2D eigenvalue weighted by Crippen LogP contribution is 2.19. The first-order valence-electron chi connectivity index (χ1n) is 8.31. The minimum Gasteiger partial charge on any atom is -0.396 e. The number of aryl methyl sites for hydroxylation is 2. The highest BCUT2D eigenvalue weighted by atomic mass is 16.3. The second kappa shape index (κ2) is 8.50. The molecule has 0 aromatic heterocycles. The number of carbonyl (C=O) groups excluding carboxylic acids is 1. The Morgan fingerprint density at radius 1 is 1.17 bits per heavy atom. The average molecular weight is 326 g/mol. The van der Waals surface area contributed by atoms with Crippen molar-refractivity contribution in [1.82, 2.24) is 4.90 Å². The van der Waals surface area contributed by atoms with Crippen LogP contribution in [-0.2, 0) is 6.54 Å². The van der Waals surface area contributed by atoms with Gasteiger partial charge in [-0.1, -0.05) is 42.5 Å². The number of rotatable bonds is 6. The number of benzene rings is 2. The van der Waals surface area contributed by atoms with Crippen molar-refractivity contribution in [3.63, 3.8) is 0 Å². The molecule has 0 aliphatic heterocycles. The van der Waals surface area contributed by atoms with Gasteiger partial charge in [0.2, 0.25) is 0 Å². The van der Waals surface area contributed by atoms with Gasteiger partial charge < -0.3 is 15.3 Å². The van der Waals surface area contributed by atoms with Crippen molar-refractivity contribution in [3.05, 3.63) is 65.2 Å². The molecule has 0 heterocycles. The van der Waals surface area contributed by atoms with E-state index < -0.39 is 0 Å². The topological polar surface area (TPSA) is 52.6 Å². The van der Waals surface area contributed by atoms with Gasteiger partial charge in [0.05, 0.1) is 0 Å². The smallest absolute Gasteiger partial charge is 0.322 e. The first-order chi connectivity index (χ1) is 11.5. The lowest BCUT2D eigenvalue weighted by Crippen LogP contribution is -2.41. The third-order valence-corrected chi connectivity index (χ3v) is 4.17. The zero-order chi connectivity index (χ0) is 17.5. The van der Waals surface area contributed by atoms with Crippen LogP contribution in [0.25, 0.3) is 0 Å². The second-order valence-electron chi connectivity index (χ2n) is 6.22.